The Kier molecular flexibility index (Phi) is 6.52. The van der Waals surface area contributed by atoms with E-state index >= 15 is 0 Å². The Morgan fingerprint density at radius 3 is 2.53 bits per heavy atom. The largest absolute Gasteiger partial charge is 0.486 e. The number of amides is 1. The van der Waals surface area contributed by atoms with E-state index in [1.54, 1.807) is 23.1 Å². The van der Waals surface area contributed by atoms with Crippen molar-refractivity contribution in [2.45, 2.75) is 13.2 Å². The number of rotatable bonds is 6. The molecule has 0 aliphatic carbocycles. The van der Waals surface area contributed by atoms with E-state index in [-0.39, 0.29) is 18.3 Å². The zero-order valence-electron chi connectivity index (χ0n) is 18.5. The van der Waals surface area contributed by atoms with Gasteiger partial charge in [0.1, 0.15) is 23.9 Å². The number of fused-ring (bicyclic) bond motifs is 1. The molecule has 1 aliphatic rings. The maximum atomic E-state index is 13.3. The monoisotopic (exact) mass is 478 g/mol. The van der Waals surface area contributed by atoms with Gasteiger partial charge in [-0.3, -0.25) is 9.69 Å². The van der Waals surface area contributed by atoms with Gasteiger partial charge in [-0.15, -0.1) is 0 Å². The fraction of sp³-hybridized carbons (Fsp3) is 0.222. The Morgan fingerprint density at radius 1 is 0.941 bits per heavy atom. The molecule has 1 saturated heterocycles. The molecule has 2 heterocycles. The quantitative estimate of drug-likeness (QED) is 0.353. The lowest BCUT2D eigenvalue weighted by molar-refractivity contribution is 0.0594. The number of nitrogens with zero attached hydrogens (tertiary/aromatic N) is 2. The summed E-state index contributed by atoms with van der Waals surface area (Å²) in [5, 5.41) is 2.69. The summed E-state index contributed by atoms with van der Waals surface area (Å²) in [6, 6.07) is 22.0. The van der Waals surface area contributed by atoms with E-state index in [9.17, 15) is 9.18 Å². The molecule has 3 aromatic carbocycles. The van der Waals surface area contributed by atoms with Gasteiger partial charge in [-0.05, 0) is 52.7 Å². The van der Waals surface area contributed by atoms with Gasteiger partial charge in [-0.2, -0.15) is 0 Å². The molecule has 5 nitrogen and oxygen atoms in total. The highest BCUT2D eigenvalue weighted by atomic mass is 35.5. The average Bonchev–Trinajstić information content (AvgIpc) is 3.33. The number of furan rings is 1. The summed E-state index contributed by atoms with van der Waals surface area (Å²) in [6.45, 7) is 3.45. The fourth-order valence-electron chi connectivity index (χ4n) is 4.14. The van der Waals surface area contributed by atoms with Crippen LogP contribution in [0.25, 0.3) is 10.8 Å². The summed E-state index contributed by atoms with van der Waals surface area (Å²) in [4.78, 5) is 16.9. The van der Waals surface area contributed by atoms with Crippen LogP contribution in [-0.4, -0.2) is 41.9 Å². The van der Waals surface area contributed by atoms with Crippen molar-refractivity contribution in [1.29, 1.82) is 0 Å². The van der Waals surface area contributed by atoms with Gasteiger partial charge >= 0.3 is 0 Å². The molecule has 0 saturated carbocycles. The number of carbonyl (C=O) groups excluding carboxylic acids is 1. The normalized spacial score (nSPS) is 14.5. The number of piperazine rings is 1. The number of halogens is 2. The zero-order valence-corrected chi connectivity index (χ0v) is 19.3. The first-order valence-corrected chi connectivity index (χ1v) is 11.6. The maximum absolute atomic E-state index is 13.3. The van der Waals surface area contributed by atoms with Crippen LogP contribution in [0.4, 0.5) is 4.39 Å². The topological polar surface area (TPSA) is 45.9 Å². The van der Waals surface area contributed by atoms with Crippen LogP contribution < -0.4 is 4.74 Å². The van der Waals surface area contributed by atoms with Crippen LogP contribution in [0.2, 0.25) is 5.02 Å². The van der Waals surface area contributed by atoms with Crippen LogP contribution in [0.3, 0.4) is 0 Å². The standard InChI is InChI=1S/C27H24ClFN2O3/c28-25-16-22(29)7-5-21(25)17-30-11-13-31(14-12-30)27(32)26-10-9-24(34-26)18-33-23-8-6-19-3-1-2-4-20(19)15-23/h1-10,15-16H,11-14,17-18H2. The van der Waals surface area contributed by atoms with E-state index < -0.39 is 0 Å². The number of hydrogen-bond donors (Lipinski definition) is 0. The molecule has 7 heteroatoms. The van der Waals surface area contributed by atoms with Crippen LogP contribution in [0.5, 0.6) is 5.75 Å². The summed E-state index contributed by atoms with van der Waals surface area (Å²) in [6.07, 6.45) is 0. The van der Waals surface area contributed by atoms with E-state index in [4.69, 9.17) is 20.8 Å². The van der Waals surface area contributed by atoms with Gasteiger partial charge in [0.15, 0.2) is 5.76 Å². The van der Waals surface area contributed by atoms with Gasteiger partial charge < -0.3 is 14.1 Å². The predicted molar refractivity (Wildman–Crippen MR) is 130 cm³/mol. The minimum Gasteiger partial charge on any atom is -0.486 e. The molecular weight excluding hydrogens is 455 g/mol. The molecule has 0 radical (unpaired) electrons. The van der Waals surface area contributed by atoms with Gasteiger partial charge in [0.2, 0.25) is 0 Å². The van der Waals surface area contributed by atoms with Crippen LogP contribution in [-0.2, 0) is 13.2 Å². The molecular formula is C27H24ClFN2O3. The number of hydrogen-bond acceptors (Lipinski definition) is 4. The third-order valence-corrected chi connectivity index (χ3v) is 6.39. The van der Waals surface area contributed by atoms with E-state index in [1.165, 1.54) is 12.1 Å². The smallest absolute Gasteiger partial charge is 0.289 e. The van der Waals surface area contributed by atoms with E-state index in [2.05, 4.69) is 11.0 Å². The molecule has 1 aromatic heterocycles. The van der Waals surface area contributed by atoms with Gasteiger partial charge in [0.05, 0.1) is 0 Å². The lowest BCUT2D eigenvalue weighted by Crippen LogP contribution is -2.48. The summed E-state index contributed by atoms with van der Waals surface area (Å²) < 4.78 is 24.9. The molecule has 0 spiro atoms. The Bertz CT molecular complexity index is 1310. The van der Waals surface area contributed by atoms with Gasteiger partial charge in [0, 0.05) is 37.7 Å². The third-order valence-electron chi connectivity index (χ3n) is 6.04. The summed E-state index contributed by atoms with van der Waals surface area (Å²) in [5.41, 5.74) is 0.880. The summed E-state index contributed by atoms with van der Waals surface area (Å²) in [7, 11) is 0. The van der Waals surface area contributed by atoms with Crippen molar-refractivity contribution < 1.29 is 18.3 Å². The van der Waals surface area contributed by atoms with Crippen molar-refractivity contribution in [3.05, 3.63) is 101 Å². The second-order valence-electron chi connectivity index (χ2n) is 8.37. The minimum absolute atomic E-state index is 0.128. The average molecular weight is 479 g/mol. The number of benzene rings is 3. The van der Waals surface area contributed by atoms with Crippen LogP contribution in [0.15, 0.2) is 77.2 Å². The van der Waals surface area contributed by atoms with Crippen molar-refractivity contribution in [3.63, 3.8) is 0 Å². The molecule has 5 rings (SSSR count). The number of carbonyl (C=O) groups is 1. The minimum atomic E-state index is -0.343. The molecule has 174 valence electrons. The molecule has 1 amide bonds. The highest BCUT2D eigenvalue weighted by molar-refractivity contribution is 6.31. The molecule has 1 aliphatic heterocycles. The molecule has 1 fully saturated rings. The Labute approximate surface area is 202 Å². The van der Waals surface area contributed by atoms with Crippen molar-refractivity contribution in [2.75, 3.05) is 26.2 Å². The summed E-state index contributed by atoms with van der Waals surface area (Å²) >= 11 is 6.15. The molecule has 0 unspecified atom stereocenters. The van der Waals surface area contributed by atoms with E-state index in [0.717, 1.165) is 22.1 Å². The Morgan fingerprint density at radius 2 is 1.74 bits per heavy atom. The maximum Gasteiger partial charge on any atom is 0.289 e. The van der Waals surface area contributed by atoms with Crippen molar-refractivity contribution in [2.24, 2.45) is 0 Å². The Balaban J connectivity index is 1.14. The number of ether oxygens (including phenoxy) is 1. The van der Waals surface area contributed by atoms with Crippen LogP contribution in [0.1, 0.15) is 21.9 Å². The predicted octanol–water partition coefficient (Wildman–Crippen LogP) is 5.76. The van der Waals surface area contributed by atoms with Crippen molar-refractivity contribution in [1.82, 2.24) is 9.80 Å². The Hall–Kier alpha value is -3.35. The molecule has 34 heavy (non-hydrogen) atoms. The second-order valence-corrected chi connectivity index (χ2v) is 8.77. The zero-order chi connectivity index (χ0) is 23.5. The van der Waals surface area contributed by atoms with Gasteiger partial charge in [0.25, 0.3) is 5.91 Å². The lowest BCUT2D eigenvalue weighted by atomic mass is 10.1. The first kappa shape index (κ1) is 22.4. The highest BCUT2D eigenvalue weighted by Gasteiger charge is 2.24. The highest BCUT2D eigenvalue weighted by Crippen LogP contribution is 2.23. The third kappa shape index (κ3) is 5.08. The van der Waals surface area contributed by atoms with E-state index in [0.29, 0.717) is 49.3 Å². The summed E-state index contributed by atoms with van der Waals surface area (Å²) in [5.74, 6) is 1.19. The first-order chi connectivity index (χ1) is 16.5. The van der Waals surface area contributed by atoms with E-state index in [1.807, 2.05) is 36.4 Å². The second kappa shape index (κ2) is 9.87. The van der Waals surface area contributed by atoms with Crippen LogP contribution >= 0.6 is 11.6 Å². The molecule has 4 aromatic rings. The van der Waals surface area contributed by atoms with Crippen LogP contribution in [0, 0.1) is 5.82 Å². The lowest BCUT2D eigenvalue weighted by Gasteiger charge is -2.34. The van der Waals surface area contributed by atoms with Gasteiger partial charge in [-0.1, -0.05) is 48.0 Å². The SMILES string of the molecule is O=C(c1ccc(COc2ccc3ccccc3c2)o1)N1CCN(Cc2ccc(F)cc2Cl)CC1. The first-order valence-electron chi connectivity index (χ1n) is 11.2. The van der Waals surface area contributed by atoms with Crippen molar-refractivity contribution >= 4 is 28.3 Å². The molecule has 0 N–H and O–H groups in total. The molecule has 0 bridgehead atoms. The van der Waals surface area contributed by atoms with Crippen molar-refractivity contribution in [3.8, 4) is 5.75 Å². The molecule has 0 atom stereocenters. The fourth-order valence-corrected chi connectivity index (χ4v) is 4.36. The van der Waals surface area contributed by atoms with Gasteiger partial charge in [-0.25, -0.2) is 4.39 Å².